The van der Waals surface area contributed by atoms with Crippen LogP contribution in [0.15, 0.2) is 45.9 Å². The molecule has 1 heterocycles. The van der Waals surface area contributed by atoms with Crippen LogP contribution in [0.5, 0.6) is 0 Å². The number of sulfonamides is 1. The molecule has 0 radical (unpaired) electrons. The van der Waals surface area contributed by atoms with E-state index in [0.29, 0.717) is 16.7 Å². The smallest absolute Gasteiger partial charge is 0.268 e. The first-order valence-corrected chi connectivity index (χ1v) is 8.60. The number of halogens is 1. The van der Waals surface area contributed by atoms with Crippen molar-refractivity contribution in [1.82, 2.24) is 4.98 Å². The van der Waals surface area contributed by atoms with Crippen LogP contribution in [0.2, 0.25) is 0 Å². The average Bonchev–Trinajstić information content (AvgIpc) is 2.44. The Hall–Kier alpha value is -1.60. The minimum atomic E-state index is -3.75. The van der Waals surface area contributed by atoms with Crippen molar-refractivity contribution in [2.45, 2.75) is 18.7 Å². The molecule has 0 atom stereocenters. The summed E-state index contributed by atoms with van der Waals surface area (Å²) in [4.78, 5) is 3.89. The Kier molecular flexibility index (Phi) is 4.53. The third-order valence-corrected chi connectivity index (χ3v) is 5.39. The number of hydrogen-bond acceptors (Lipinski definition) is 4. The maximum absolute atomic E-state index is 12.8. The van der Waals surface area contributed by atoms with E-state index in [-0.39, 0.29) is 10.7 Å². The van der Waals surface area contributed by atoms with Gasteiger partial charge in [-0.2, -0.15) is 0 Å². The van der Waals surface area contributed by atoms with E-state index < -0.39 is 10.0 Å². The molecule has 0 saturated heterocycles. The predicted octanol–water partition coefficient (Wildman–Crippen LogP) is 2.95. The number of benzene rings is 1. The summed E-state index contributed by atoms with van der Waals surface area (Å²) in [5.41, 5.74) is 7.40. The van der Waals surface area contributed by atoms with Gasteiger partial charge in [0, 0.05) is 17.2 Å². The lowest BCUT2D eigenvalue weighted by Gasteiger charge is -2.23. The minimum Gasteiger partial charge on any atom is -0.383 e. The molecule has 0 bridgehead atoms. The fourth-order valence-electron chi connectivity index (χ4n) is 1.96. The van der Waals surface area contributed by atoms with Gasteiger partial charge in [0.05, 0.1) is 5.69 Å². The Balaban J connectivity index is 2.54. The van der Waals surface area contributed by atoms with E-state index >= 15 is 0 Å². The molecule has 0 saturated carbocycles. The molecule has 1 aromatic heterocycles. The zero-order valence-electron chi connectivity index (χ0n) is 11.7. The van der Waals surface area contributed by atoms with Crippen LogP contribution in [-0.2, 0) is 10.0 Å². The van der Waals surface area contributed by atoms with E-state index in [1.54, 1.807) is 19.1 Å². The molecule has 0 aliphatic heterocycles. The highest BCUT2D eigenvalue weighted by Crippen LogP contribution is 2.28. The monoisotopic (exact) mass is 369 g/mol. The van der Waals surface area contributed by atoms with Crippen molar-refractivity contribution in [3.63, 3.8) is 0 Å². The van der Waals surface area contributed by atoms with Crippen LogP contribution >= 0.6 is 15.9 Å². The van der Waals surface area contributed by atoms with Crippen LogP contribution in [0.4, 0.5) is 11.5 Å². The molecule has 0 fully saturated rings. The molecule has 0 amide bonds. The van der Waals surface area contributed by atoms with Crippen LogP contribution in [-0.4, -0.2) is 19.9 Å². The number of rotatable bonds is 4. The van der Waals surface area contributed by atoms with Gasteiger partial charge < -0.3 is 5.73 Å². The van der Waals surface area contributed by atoms with Gasteiger partial charge >= 0.3 is 0 Å². The second-order valence-corrected chi connectivity index (χ2v) is 7.29. The molecule has 2 rings (SSSR count). The Bertz CT molecular complexity index is 745. The number of aryl methyl sites for hydroxylation is 1. The summed E-state index contributed by atoms with van der Waals surface area (Å²) < 4.78 is 27.5. The van der Waals surface area contributed by atoms with E-state index in [1.807, 2.05) is 19.1 Å². The normalized spacial score (nSPS) is 11.4. The summed E-state index contributed by atoms with van der Waals surface area (Å²) in [6.45, 7) is 4.03. The molecule has 2 aromatic rings. The lowest BCUT2D eigenvalue weighted by Crippen LogP contribution is -2.31. The first-order valence-electron chi connectivity index (χ1n) is 6.36. The van der Waals surface area contributed by atoms with Crippen LogP contribution in [0.1, 0.15) is 12.5 Å². The van der Waals surface area contributed by atoms with Gasteiger partial charge in [0.1, 0.15) is 10.7 Å². The first kappa shape index (κ1) is 15.8. The fraction of sp³-hybridized carbons (Fsp3) is 0.214. The average molecular weight is 370 g/mol. The number of nitrogens with zero attached hydrogens (tertiary/aromatic N) is 2. The maximum Gasteiger partial charge on any atom is 0.268 e. The molecule has 1 aromatic carbocycles. The van der Waals surface area contributed by atoms with Gasteiger partial charge in [-0.3, -0.25) is 4.31 Å². The Morgan fingerprint density at radius 2 is 1.90 bits per heavy atom. The quantitative estimate of drug-likeness (QED) is 0.898. The van der Waals surface area contributed by atoms with Crippen molar-refractivity contribution in [3.05, 3.63) is 46.6 Å². The molecule has 5 nitrogen and oxygen atoms in total. The highest BCUT2D eigenvalue weighted by Gasteiger charge is 2.26. The molecule has 2 N–H and O–H groups in total. The van der Waals surface area contributed by atoms with Crippen molar-refractivity contribution < 1.29 is 8.42 Å². The number of nitrogens with two attached hydrogens (primary N) is 1. The maximum atomic E-state index is 12.8. The molecule has 0 spiro atoms. The summed E-state index contributed by atoms with van der Waals surface area (Å²) in [6, 6.07) is 8.76. The minimum absolute atomic E-state index is 0.000648. The Labute approximate surface area is 133 Å². The van der Waals surface area contributed by atoms with Crippen molar-refractivity contribution in [1.29, 1.82) is 0 Å². The second-order valence-electron chi connectivity index (χ2n) is 4.54. The molecule has 112 valence electrons. The van der Waals surface area contributed by atoms with Gasteiger partial charge in [-0.05, 0) is 48.0 Å². The largest absolute Gasteiger partial charge is 0.383 e. The number of aromatic nitrogens is 1. The highest BCUT2D eigenvalue weighted by atomic mass is 79.9. The van der Waals surface area contributed by atoms with Gasteiger partial charge in [-0.1, -0.05) is 17.7 Å². The molecule has 0 aliphatic carbocycles. The third kappa shape index (κ3) is 3.19. The highest BCUT2D eigenvalue weighted by molar-refractivity contribution is 9.10. The van der Waals surface area contributed by atoms with Crippen LogP contribution in [0.3, 0.4) is 0 Å². The zero-order valence-corrected chi connectivity index (χ0v) is 14.1. The summed E-state index contributed by atoms with van der Waals surface area (Å²) in [5.74, 6) is -0.0104. The SMILES string of the molecule is CCN(c1ccc(C)cc1)S(=O)(=O)c1cc(Br)cnc1N. The van der Waals surface area contributed by atoms with Gasteiger partial charge in [0.15, 0.2) is 0 Å². The van der Waals surface area contributed by atoms with Crippen molar-refractivity contribution in [3.8, 4) is 0 Å². The summed E-state index contributed by atoms with van der Waals surface area (Å²) in [5, 5.41) is 0. The van der Waals surface area contributed by atoms with Crippen LogP contribution in [0.25, 0.3) is 0 Å². The number of anilines is 2. The summed E-state index contributed by atoms with van der Waals surface area (Å²) in [7, 11) is -3.75. The van der Waals surface area contributed by atoms with Gasteiger partial charge in [0.25, 0.3) is 10.0 Å². The topological polar surface area (TPSA) is 76.3 Å². The molecule has 0 aliphatic rings. The molecule has 7 heteroatoms. The Morgan fingerprint density at radius 3 is 2.48 bits per heavy atom. The molecule has 21 heavy (non-hydrogen) atoms. The third-order valence-electron chi connectivity index (χ3n) is 3.03. The van der Waals surface area contributed by atoms with Crippen molar-refractivity contribution >= 4 is 37.5 Å². The first-order chi connectivity index (χ1) is 9.86. The van der Waals surface area contributed by atoms with Crippen molar-refractivity contribution in [2.75, 3.05) is 16.6 Å². The van der Waals surface area contributed by atoms with Gasteiger partial charge in [-0.15, -0.1) is 0 Å². The van der Waals surface area contributed by atoms with E-state index in [0.717, 1.165) is 5.56 Å². The number of hydrogen-bond donors (Lipinski definition) is 1. The van der Waals surface area contributed by atoms with Crippen LogP contribution in [0, 0.1) is 6.92 Å². The summed E-state index contributed by atoms with van der Waals surface area (Å²) >= 11 is 3.22. The van der Waals surface area contributed by atoms with E-state index in [9.17, 15) is 8.42 Å². The second kappa shape index (κ2) is 6.03. The van der Waals surface area contributed by atoms with Gasteiger partial charge in [-0.25, -0.2) is 13.4 Å². The van der Waals surface area contributed by atoms with E-state index in [4.69, 9.17) is 5.73 Å². The lowest BCUT2D eigenvalue weighted by atomic mass is 10.2. The number of nitrogen functional groups attached to an aromatic ring is 1. The predicted molar refractivity (Wildman–Crippen MR) is 87.7 cm³/mol. The zero-order chi connectivity index (χ0) is 15.6. The molecule has 0 unspecified atom stereocenters. The molecular weight excluding hydrogens is 354 g/mol. The van der Waals surface area contributed by atoms with E-state index in [1.165, 1.54) is 16.6 Å². The van der Waals surface area contributed by atoms with Gasteiger partial charge in [0.2, 0.25) is 0 Å². The fourth-order valence-corrected chi connectivity index (χ4v) is 4.01. The van der Waals surface area contributed by atoms with Crippen LogP contribution < -0.4 is 10.0 Å². The number of pyridine rings is 1. The van der Waals surface area contributed by atoms with E-state index in [2.05, 4.69) is 20.9 Å². The standard InChI is InChI=1S/C14H16BrN3O2S/c1-3-18(12-6-4-10(2)5-7-12)21(19,20)13-8-11(15)9-17-14(13)16/h4-9H,3H2,1-2H3,(H2,16,17). The lowest BCUT2D eigenvalue weighted by molar-refractivity contribution is 0.592. The van der Waals surface area contributed by atoms with Crippen molar-refractivity contribution in [2.24, 2.45) is 0 Å². The summed E-state index contributed by atoms with van der Waals surface area (Å²) in [6.07, 6.45) is 1.47. The Morgan fingerprint density at radius 1 is 1.29 bits per heavy atom. The molecular formula is C14H16BrN3O2S.